The molecule has 1 aromatic carbocycles. The Morgan fingerprint density at radius 3 is 2.61 bits per heavy atom. The number of rotatable bonds is 4. The lowest BCUT2D eigenvalue weighted by molar-refractivity contribution is 0.178. The molecule has 96 valence electrons. The summed E-state index contributed by atoms with van der Waals surface area (Å²) in [5.41, 5.74) is 1.61. The fourth-order valence-corrected chi connectivity index (χ4v) is 2.99. The Balaban J connectivity index is 2.16. The van der Waals surface area contributed by atoms with Gasteiger partial charge in [-0.1, -0.05) is 13.0 Å². The normalized spacial score (nSPS) is 12.7. The minimum Gasteiger partial charge on any atom is -0.388 e. The van der Waals surface area contributed by atoms with E-state index in [4.69, 9.17) is 0 Å². The molecule has 2 aromatic rings. The summed E-state index contributed by atoms with van der Waals surface area (Å²) in [4.78, 5) is 2.45. The van der Waals surface area contributed by atoms with Gasteiger partial charge in [0.25, 0.3) is 0 Å². The van der Waals surface area contributed by atoms with Gasteiger partial charge >= 0.3 is 0 Å². The zero-order chi connectivity index (χ0) is 13.1. The van der Waals surface area contributed by atoms with Crippen molar-refractivity contribution in [1.29, 1.82) is 0 Å². The molecule has 0 radical (unpaired) electrons. The minimum absolute atomic E-state index is 0.296. The third-order valence-electron chi connectivity index (χ3n) is 3.06. The average Bonchev–Trinajstić information content (AvgIpc) is 2.80. The zero-order valence-corrected chi connectivity index (χ0v) is 11.4. The summed E-state index contributed by atoms with van der Waals surface area (Å²) < 4.78 is 13.2. The van der Waals surface area contributed by atoms with Crippen molar-refractivity contribution in [3.63, 3.8) is 0 Å². The molecule has 0 saturated carbocycles. The van der Waals surface area contributed by atoms with Crippen LogP contribution in [0.5, 0.6) is 0 Å². The fourth-order valence-electron chi connectivity index (χ4n) is 1.99. The van der Waals surface area contributed by atoms with Crippen LogP contribution in [0.1, 0.15) is 33.9 Å². The Morgan fingerprint density at radius 2 is 1.94 bits per heavy atom. The summed E-state index contributed by atoms with van der Waals surface area (Å²) in [6.45, 7) is 4.01. The maximum absolute atomic E-state index is 13.2. The van der Waals surface area contributed by atoms with Gasteiger partial charge in [-0.25, -0.2) is 4.39 Å². The summed E-state index contributed by atoms with van der Waals surface area (Å²) in [6, 6.07) is 8.69. The lowest BCUT2D eigenvalue weighted by Gasteiger charge is -2.12. The summed E-state index contributed by atoms with van der Waals surface area (Å²) in [7, 11) is 0. The summed E-state index contributed by atoms with van der Waals surface area (Å²) >= 11 is 1.71. The van der Waals surface area contributed by atoms with Gasteiger partial charge in [0.2, 0.25) is 0 Å². The molecule has 1 atom stereocenters. The molecule has 18 heavy (non-hydrogen) atoms. The molecule has 0 aliphatic carbocycles. The summed E-state index contributed by atoms with van der Waals surface area (Å²) in [6.07, 6.45) is 0.929. The second-order valence-electron chi connectivity index (χ2n) is 4.44. The first-order valence-electron chi connectivity index (χ1n) is 6.12. The van der Waals surface area contributed by atoms with E-state index in [1.807, 2.05) is 13.0 Å². The highest BCUT2D eigenvalue weighted by Gasteiger charge is 2.13. The van der Waals surface area contributed by atoms with Gasteiger partial charge in [-0.05, 0) is 48.7 Å². The summed E-state index contributed by atoms with van der Waals surface area (Å²) in [5.74, 6) is -0.296. The molecular formula is C15H17FOS. The largest absolute Gasteiger partial charge is 0.388 e. The Morgan fingerprint density at radius 1 is 1.22 bits per heavy atom. The van der Waals surface area contributed by atoms with Gasteiger partial charge in [0, 0.05) is 16.2 Å². The molecule has 3 heteroatoms. The van der Waals surface area contributed by atoms with Crippen molar-refractivity contribution in [2.45, 2.75) is 32.8 Å². The molecule has 0 fully saturated rings. The monoisotopic (exact) mass is 264 g/mol. The standard InChI is InChI=1S/C15H17FOS/c1-3-12-6-7-13(18-12)9-15(17)14-8-11(16)5-4-10(14)2/h4-8,15,17H,3,9H2,1-2H3. The van der Waals surface area contributed by atoms with Crippen molar-refractivity contribution < 1.29 is 9.50 Å². The average molecular weight is 264 g/mol. The molecule has 0 spiro atoms. The quantitative estimate of drug-likeness (QED) is 0.883. The van der Waals surface area contributed by atoms with Crippen molar-refractivity contribution >= 4 is 11.3 Å². The van der Waals surface area contributed by atoms with Crippen LogP contribution in [0.15, 0.2) is 30.3 Å². The van der Waals surface area contributed by atoms with E-state index in [1.54, 1.807) is 17.4 Å². The highest BCUT2D eigenvalue weighted by molar-refractivity contribution is 7.11. The van der Waals surface area contributed by atoms with Gasteiger partial charge in [0.15, 0.2) is 0 Å². The highest BCUT2D eigenvalue weighted by Crippen LogP contribution is 2.26. The molecular weight excluding hydrogens is 247 g/mol. The number of halogens is 1. The SMILES string of the molecule is CCc1ccc(CC(O)c2cc(F)ccc2C)s1. The van der Waals surface area contributed by atoms with Crippen LogP contribution in [0.4, 0.5) is 4.39 Å². The number of aryl methyl sites for hydroxylation is 2. The molecule has 1 nitrogen and oxygen atoms in total. The first kappa shape index (κ1) is 13.2. The van der Waals surface area contributed by atoms with E-state index in [2.05, 4.69) is 13.0 Å². The predicted octanol–water partition coefficient (Wildman–Crippen LogP) is 4.03. The van der Waals surface area contributed by atoms with Crippen LogP contribution in [-0.4, -0.2) is 5.11 Å². The van der Waals surface area contributed by atoms with E-state index in [-0.39, 0.29) is 5.82 Å². The number of benzene rings is 1. The van der Waals surface area contributed by atoms with E-state index in [0.29, 0.717) is 12.0 Å². The number of hydrogen-bond donors (Lipinski definition) is 1. The van der Waals surface area contributed by atoms with Gasteiger partial charge in [0.05, 0.1) is 6.10 Å². The van der Waals surface area contributed by atoms with Crippen LogP contribution in [0.3, 0.4) is 0 Å². The Kier molecular flexibility index (Phi) is 4.15. The van der Waals surface area contributed by atoms with Gasteiger partial charge < -0.3 is 5.11 Å². The second kappa shape index (κ2) is 5.63. The molecule has 1 N–H and O–H groups in total. The van der Waals surface area contributed by atoms with Gasteiger partial charge in [-0.2, -0.15) is 0 Å². The lowest BCUT2D eigenvalue weighted by Crippen LogP contribution is -2.03. The third-order valence-corrected chi connectivity index (χ3v) is 4.31. The molecule has 0 saturated heterocycles. The van der Waals surface area contributed by atoms with Crippen LogP contribution in [0.2, 0.25) is 0 Å². The smallest absolute Gasteiger partial charge is 0.123 e. The Bertz CT molecular complexity index is 533. The maximum atomic E-state index is 13.2. The topological polar surface area (TPSA) is 20.2 Å². The van der Waals surface area contributed by atoms with Crippen LogP contribution in [0, 0.1) is 12.7 Å². The molecule has 1 heterocycles. The molecule has 0 bridgehead atoms. The van der Waals surface area contributed by atoms with E-state index in [1.165, 1.54) is 17.0 Å². The van der Waals surface area contributed by atoms with E-state index >= 15 is 0 Å². The van der Waals surface area contributed by atoms with Crippen molar-refractivity contribution in [2.75, 3.05) is 0 Å². The van der Waals surface area contributed by atoms with Crippen molar-refractivity contribution in [3.8, 4) is 0 Å². The molecule has 0 amide bonds. The first-order chi connectivity index (χ1) is 8.60. The molecule has 1 aromatic heterocycles. The number of aliphatic hydroxyl groups is 1. The van der Waals surface area contributed by atoms with Crippen LogP contribution >= 0.6 is 11.3 Å². The third kappa shape index (κ3) is 2.98. The first-order valence-corrected chi connectivity index (χ1v) is 6.93. The lowest BCUT2D eigenvalue weighted by atomic mass is 10.0. The summed E-state index contributed by atoms with van der Waals surface area (Å²) in [5, 5.41) is 10.2. The molecule has 1 unspecified atom stereocenters. The Hall–Kier alpha value is -1.19. The van der Waals surface area contributed by atoms with Gasteiger partial charge in [0.1, 0.15) is 5.82 Å². The number of aliphatic hydroxyl groups excluding tert-OH is 1. The van der Waals surface area contributed by atoms with Crippen LogP contribution in [-0.2, 0) is 12.8 Å². The van der Waals surface area contributed by atoms with Crippen molar-refractivity contribution in [1.82, 2.24) is 0 Å². The van der Waals surface area contributed by atoms with Gasteiger partial charge in [-0.3, -0.25) is 0 Å². The molecule has 0 aliphatic heterocycles. The number of hydrogen-bond acceptors (Lipinski definition) is 2. The maximum Gasteiger partial charge on any atom is 0.123 e. The van der Waals surface area contributed by atoms with E-state index < -0.39 is 6.10 Å². The number of thiophene rings is 1. The van der Waals surface area contributed by atoms with Crippen LogP contribution in [0.25, 0.3) is 0 Å². The second-order valence-corrected chi connectivity index (χ2v) is 5.70. The highest BCUT2D eigenvalue weighted by atomic mass is 32.1. The predicted molar refractivity (Wildman–Crippen MR) is 73.5 cm³/mol. The van der Waals surface area contributed by atoms with Crippen molar-refractivity contribution in [2.24, 2.45) is 0 Å². The minimum atomic E-state index is -0.635. The van der Waals surface area contributed by atoms with E-state index in [9.17, 15) is 9.50 Å². The van der Waals surface area contributed by atoms with Gasteiger partial charge in [-0.15, -0.1) is 11.3 Å². The van der Waals surface area contributed by atoms with Crippen molar-refractivity contribution in [3.05, 3.63) is 57.0 Å². The zero-order valence-electron chi connectivity index (χ0n) is 10.6. The Labute approximate surface area is 111 Å². The van der Waals surface area contributed by atoms with Crippen LogP contribution < -0.4 is 0 Å². The fraction of sp³-hybridized carbons (Fsp3) is 0.333. The van der Waals surface area contributed by atoms with E-state index in [0.717, 1.165) is 16.9 Å². The molecule has 2 rings (SSSR count). The molecule has 0 aliphatic rings.